The van der Waals surface area contributed by atoms with Crippen LogP contribution in [0.3, 0.4) is 0 Å². The summed E-state index contributed by atoms with van der Waals surface area (Å²) < 4.78 is 0. The maximum Gasteiger partial charge on any atom is 0.407 e. The third-order valence-electron chi connectivity index (χ3n) is 3.36. The first-order valence-electron chi connectivity index (χ1n) is 6.17. The van der Waals surface area contributed by atoms with Crippen LogP contribution in [-0.2, 0) is 0 Å². The largest absolute Gasteiger partial charge is 0.465 e. The van der Waals surface area contributed by atoms with Crippen molar-refractivity contribution < 1.29 is 9.90 Å². The summed E-state index contributed by atoms with van der Waals surface area (Å²) >= 11 is 0. The molecule has 0 aromatic carbocycles. The second-order valence-electron chi connectivity index (χ2n) is 4.92. The van der Waals surface area contributed by atoms with Gasteiger partial charge in [-0.1, -0.05) is 6.07 Å². The monoisotopic (exact) mass is 249 g/mol. The van der Waals surface area contributed by atoms with Gasteiger partial charge in [0, 0.05) is 31.9 Å². The molecular formula is C13H19N3O2. The molecule has 0 aliphatic carbocycles. The number of aryl methyl sites for hydroxylation is 2. The van der Waals surface area contributed by atoms with Crippen LogP contribution in [0, 0.1) is 13.8 Å². The SMILES string of the molecule is Cc1cnc(N2CCN(C(=O)O)C(C)C2)c(C)c1. The number of nitrogens with zero attached hydrogens (tertiary/aromatic N) is 3. The van der Waals surface area contributed by atoms with Crippen LogP contribution in [0.4, 0.5) is 10.6 Å². The molecule has 18 heavy (non-hydrogen) atoms. The van der Waals surface area contributed by atoms with E-state index in [0.717, 1.165) is 16.9 Å². The van der Waals surface area contributed by atoms with Gasteiger partial charge in [-0.25, -0.2) is 9.78 Å². The first-order chi connectivity index (χ1) is 8.49. The Morgan fingerprint density at radius 1 is 1.44 bits per heavy atom. The fourth-order valence-corrected chi connectivity index (χ4v) is 2.47. The van der Waals surface area contributed by atoms with Crippen LogP contribution >= 0.6 is 0 Å². The van der Waals surface area contributed by atoms with E-state index in [2.05, 4.69) is 16.0 Å². The minimum absolute atomic E-state index is 0.00115. The Hall–Kier alpha value is -1.78. The summed E-state index contributed by atoms with van der Waals surface area (Å²) in [5.74, 6) is 0.970. The van der Waals surface area contributed by atoms with Crippen molar-refractivity contribution in [1.82, 2.24) is 9.88 Å². The zero-order valence-corrected chi connectivity index (χ0v) is 11.1. The molecule has 0 spiro atoms. The molecule has 5 nitrogen and oxygen atoms in total. The third-order valence-corrected chi connectivity index (χ3v) is 3.36. The summed E-state index contributed by atoms with van der Waals surface area (Å²) in [6, 6.07) is 2.11. The van der Waals surface area contributed by atoms with Crippen LogP contribution in [0.2, 0.25) is 0 Å². The van der Waals surface area contributed by atoms with E-state index in [0.29, 0.717) is 19.6 Å². The summed E-state index contributed by atoms with van der Waals surface area (Å²) in [5.41, 5.74) is 2.29. The van der Waals surface area contributed by atoms with Gasteiger partial charge >= 0.3 is 6.09 Å². The molecular weight excluding hydrogens is 230 g/mol. The normalized spacial score (nSPS) is 20.1. The van der Waals surface area contributed by atoms with Gasteiger partial charge in [0.05, 0.1) is 0 Å². The zero-order chi connectivity index (χ0) is 13.3. The van der Waals surface area contributed by atoms with Gasteiger partial charge in [0.1, 0.15) is 5.82 Å². The van der Waals surface area contributed by atoms with Crippen LogP contribution < -0.4 is 4.90 Å². The number of pyridine rings is 1. The van der Waals surface area contributed by atoms with Crippen molar-refractivity contribution in [1.29, 1.82) is 0 Å². The molecule has 1 unspecified atom stereocenters. The van der Waals surface area contributed by atoms with E-state index in [-0.39, 0.29) is 6.04 Å². The molecule has 2 rings (SSSR count). The minimum atomic E-state index is -0.837. The average molecular weight is 249 g/mol. The van der Waals surface area contributed by atoms with Gasteiger partial charge in [-0.05, 0) is 31.9 Å². The maximum absolute atomic E-state index is 11.0. The minimum Gasteiger partial charge on any atom is -0.465 e. The lowest BCUT2D eigenvalue weighted by Crippen LogP contribution is -2.54. The van der Waals surface area contributed by atoms with E-state index in [1.54, 1.807) is 0 Å². The van der Waals surface area contributed by atoms with E-state index < -0.39 is 6.09 Å². The number of anilines is 1. The first kappa shape index (κ1) is 12.7. The lowest BCUT2D eigenvalue weighted by molar-refractivity contribution is 0.122. The predicted octanol–water partition coefficient (Wildman–Crippen LogP) is 1.89. The van der Waals surface area contributed by atoms with Gasteiger partial charge in [0.25, 0.3) is 0 Å². The Bertz CT molecular complexity index is 462. The van der Waals surface area contributed by atoms with Crippen molar-refractivity contribution >= 4 is 11.9 Å². The Kier molecular flexibility index (Phi) is 3.41. The van der Waals surface area contributed by atoms with Crippen molar-refractivity contribution in [3.8, 4) is 0 Å². The molecule has 0 radical (unpaired) electrons. The number of aromatic nitrogens is 1. The number of piperazine rings is 1. The Balaban J connectivity index is 2.15. The Labute approximate surface area is 107 Å². The molecule has 2 heterocycles. The lowest BCUT2D eigenvalue weighted by Gasteiger charge is -2.39. The van der Waals surface area contributed by atoms with E-state index >= 15 is 0 Å². The highest BCUT2D eigenvalue weighted by Gasteiger charge is 2.28. The van der Waals surface area contributed by atoms with Crippen molar-refractivity contribution in [3.05, 3.63) is 23.4 Å². The fourth-order valence-electron chi connectivity index (χ4n) is 2.47. The van der Waals surface area contributed by atoms with Crippen LogP contribution in [0.15, 0.2) is 12.3 Å². The summed E-state index contributed by atoms with van der Waals surface area (Å²) in [4.78, 5) is 19.1. The number of amides is 1. The summed E-state index contributed by atoms with van der Waals surface area (Å²) in [7, 11) is 0. The summed E-state index contributed by atoms with van der Waals surface area (Å²) in [6.45, 7) is 7.93. The van der Waals surface area contributed by atoms with Crippen molar-refractivity contribution in [2.24, 2.45) is 0 Å². The third kappa shape index (κ3) is 2.39. The molecule has 0 bridgehead atoms. The number of hydrogen-bond acceptors (Lipinski definition) is 3. The molecule has 1 N–H and O–H groups in total. The fraction of sp³-hybridized carbons (Fsp3) is 0.538. The molecule has 1 aromatic rings. The van der Waals surface area contributed by atoms with Crippen LogP contribution in [-0.4, -0.2) is 46.8 Å². The van der Waals surface area contributed by atoms with Gasteiger partial charge < -0.3 is 14.9 Å². The Morgan fingerprint density at radius 2 is 2.17 bits per heavy atom. The van der Waals surface area contributed by atoms with Crippen molar-refractivity contribution in [2.75, 3.05) is 24.5 Å². The first-order valence-corrected chi connectivity index (χ1v) is 6.17. The highest BCUT2D eigenvalue weighted by molar-refractivity contribution is 5.66. The highest BCUT2D eigenvalue weighted by Crippen LogP contribution is 2.21. The molecule has 1 aliphatic rings. The molecule has 5 heteroatoms. The van der Waals surface area contributed by atoms with Crippen LogP contribution in [0.25, 0.3) is 0 Å². The number of carboxylic acid groups (broad SMARTS) is 1. The molecule has 1 aliphatic heterocycles. The van der Waals surface area contributed by atoms with Gasteiger partial charge in [-0.2, -0.15) is 0 Å². The summed E-state index contributed by atoms with van der Waals surface area (Å²) in [5, 5.41) is 9.05. The van der Waals surface area contributed by atoms with E-state index in [1.807, 2.05) is 27.0 Å². The maximum atomic E-state index is 11.0. The molecule has 1 fully saturated rings. The predicted molar refractivity (Wildman–Crippen MR) is 70.1 cm³/mol. The van der Waals surface area contributed by atoms with Crippen molar-refractivity contribution in [3.63, 3.8) is 0 Å². The van der Waals surface area contributed by atoms with Gasteiger partial charge in [-0.3, -0.25) is 0 Å². The van der Waals surface area contributed by atoms with Gasteiger partial charge in [0.2, 0.25) is 0 Å². The van der Waals surface area contributed by atoms with Crippen molar-refractivity contribution in [2.45, 2.75) is 26.8 Å². The van der Waals surface area contributed by atoms with E-state index in [4.69, 9.17) is 5.11 Å². The molecule has 1 atom stereocenters. The topological polar surface area (TPSA) is 56.7 Å². The van der Waals surface area contributed by atoms with E-state index in [9.17, 15) is 4.79 Å². The quantitative estimate of drug-likeness (QED) is 0.825. The average Bonchev–Trinajstić information content (AvgIpc) is 2.28. The van der Waals surface area contributed by atoms with Crippen LogP contribution in [0.1, 0.15) is 18.1 Å². The summed E-state index contributed by atoms with van der Waals surface area (Å²) in [6.07, 6.45) is 1.02. The number of carbonyl (C=O) groups is 1. The van der Waals surface area contributed by atoms with Gasteiger partial charge in [-0.15, -0.1) is 0 Å². The van der Waals surface area contributed by atoms with Gasteiger partial charge in [0.15, 0.2) is 0 Å². The smallest absolute Gasteiger partial charge is 0.407 e. The number of hydrogen-bond donors (Lipinski definition) is 1. The Morgan fingerprint density at radius 3 is 2.72 bits per heavy atom. The zero-order valence-electron chi connectivity index (χ0n) is 11.1. The molecule has 98 valence electrons. The van der Waals surface area contributed by atoms with E-state index in [1.165, 1.54) is 4.90 Å². The molecule has 1 aromatic heterocycles. The second kappa shape index (κ2) is 4.84. The molecule has 0 saturated carbocycles. The standard InChI is InChI=1S/C13H19N3O2/c1-9-6-10(2)12(14-7-9)15-4-5-16(13(17)18)11(3)8-15/h6-7,11H,4-5,8H2,1-3H3,(H,17,18). The second-order valence-corrected chi connectivity index (χ2v) is 4.92. The molecule has 1 amide bonds. The highest BCUT2D eigenvalue weighted by atomic mass is 16.4. The van der Waals surface area contributed by atoms with Crippen LogP contribution in [0.5, 0.6) is 0 Å². The number of rotatable bonds is 1. The lowest BCUT2D eigenvalue weighted by atomic mass is 10.1. The molecule has 1 saturated heterocycles.